The predicted octanol–water partition coefficient (Wildman–Crippen LogP) is 0.960. The largest absolute Gasteiger partial charge is 0.393 e. The minimum absolute atomic E-state index is 0.0507. The third-order valence-electron chi connectivity index (χ3n) is 3.24. The predicted molar refractivity (Wildman–Crippen MR) is 66.9 cm³/mol. The summed E-state index contributed by atoms with van der Waals surface area (Å²) in [6.45, 7) is 3.72. The Morgan fingerprint density at radius 3 is 2.65 bits per heavy atom. The van der Waals surface area contributed by atoms with Gasteiger partial charge >= 0.3 is 0 Å². The summed E-state index contributed by atoms with van der Waals surface area (Å²) < 4.78 is 0. The van der Waals surface area contributed by atoms with Crippen LogP contribution in [0.1, 0.15) is 6.92 Å². The average Bonchev–Trinajstić information content (AvgIpc) is 2.58. The average molecular weight is 236 g/mol. The first-order valence-corrected chi connectivity index (χ1v) is 5.53. The van der Waals surface area contributed by atoms with Crippen LogP contribution in [0.3, 0.4) is 0 Å². The molecule has 92 valence electrons. The second-order valence-electron chi connectivity index (χ2n) is 4.55. The number of nitrogens with zero attached hydrogens (tertiary/aromatic N) is 2. The van der Waals surface area contributed by atoms with E-state index in [-0.39, 0.29) is 17.4 Å². The molecule has 0 saturated carbocycles. The summed E-state index contributed by atoms with van der Waals surface area (Å²) in [4.78, 5) is 12.3. The highest BCUT2D eigenvalue weighted by Gasteiger charge is 2.27. The molecule has 0 radical (unpaired) electrons. The molecule has 17 heavy (non-hydrogen) atoms. The summed E-state index contributed by atoms with van der Waals surface area (Å²) in [5.74, 6) is 0.423. The fourth-order valence-corrected chi connectivity index (χ4v) is 2.11. The van der Waals surface area contributed by atoms with E-state index in [1.165, 1.54) is 6.07 Å². The van der Waals surface area contributed by atoms with E-state index in [1.807, 2.05) is 0 Å². The molecule has 0 amide bonds. The second kappa shape index (κ2) is 4.21. The van der Waals surface area contributed by atoms with Crippen LogP contribution in [0.25, 0.3) is 0 Å². The first-order chi connectivity index (χ1) is 7.99. The third kappa shape index (κ3) is 2.16. The summed E-state index contributed by atoms with van der Waals surface area (Å²) in [7, 11) is 0. The van der Waals surface area contributed by atoms with Crippen LogP contribution in [0.4, 0.5) is 17.1 Å². The third-order valence-corrected chi connectivity index (χ3v) is 3.24. The van der Waals surface area contributed by atoms with E-state index in [4.69, 9.17) is 11.5 Å². The lowest BCUT2D eigenvalue weighted by atomic mass is 10.1. The van der Waals surface area contributed by atoms with Crippen molar-refractivity contribution in [2.75, 3.05) is 23.7 Å². The van der Waals surface area contributed by atoms with Gasteiger partial charge in [-0.3, -0.25) is 10.1 Å². The van der Waals surface area contributed by atoms with Gasteiger partial charge in [-0.2, -0.15) is 0 Å². The van der Waals surface area contributed by atoms with Crippen LogP contribution >= 0.6 is 0 Å². The van der Waals surface area contributed by atoms with Crippen LogP contribution in [-0.2, 0) is 0 Å². The molecule has 0 bridgehead atoms. The van der Waals surface area contributed by atoms with E-state index in [9.17, 15) is 10.1 Å². The van der Waals surface area contributed by atoms with Crippen LogP contribution in [0.15, 0.2) is 18.2 Å². The van der Waals surface area contributed by atoms with Crippen molar-refractivity contribution in [3.63, 3.8) is 0 Å². The zero-order chi connectivity index (χ0) is 12.6. The zero-order valence-corrected chi connectivity index (χ0v) is 9.67. The van der Waals surface area contributed by atoms with Gasteiger partial charge in [-0.15, -0.1) is 0 Å². The number of anilines is 2. The number of nitro benzene ring substituents is 1. The number of nitrogens with two attached hydrogens (primary N) is 2. The van der Waals surface area contributed by atoms with E-state index in [0.29, 0.717) is 5.92 Å². The van der Waals surface area contributed by atoms with Crippen LogP contribution in [0, 0.1) is 16.0 Å². The number of rotatable bonds is 2. The van der Waals surface area contributed by atoms with Gasteiger partial charge in [0.25, 0.3) is 5.69 Å². The molecule has 2 atom stereocenters. The van der Waals surface area contributed by atoms with E-state index in [0.717, 1.165) is 18.8 Å². The zero-order valence-electron chi connectivity index (χ0n) is 9.67. The summed E-state index contributed by atoms with van der Waals surface area (Å²) in [5.41, 5.74) is 12.6. The van der Waals surface area contributed by atoms with Gasteiger partial charge in [-0.25, -0.2) is 0 Å². The molecule has 1 aromatic carbocycles. The number of benzene rings is 1. The lowest BCUT2D eigenvalue weighted by Crippen LogP contribution is -2.28. The van der Waals surface area contributed by atoms with Crippen molar-refractivity contribution in [3.05, 3.63) is 28.3 Å². The highest BCUT2D eigenvalue weighted by atomic mass is 16.6. The first-order valence-electron chi connectivity index (χ1n) is 5.53. The minimum Gasteiger partial charge on any atom is -0.393 e. The molecule has 0 aliphatic carbocycles. The maximum Gasteiger partial charge on any atom is 0.292 e. The maximum absolute atomic E-state index is 10.7. The molecule has 1 aliphatic heterocycles. The van der Waals surface area contributed by atoms with Crippen molar-refractivity contribution in [1.82, 2.24) is 0 Å². The number of nitro groups is 1. The van der Waals surface area contributed by atoms with Gasteiger partial charge < -0.3 is 16.4 Å². The molecular formula is C11H16N4O2. The van der Waals surface area contributed by atoms with Crippen molar-refractivity contribution in [2.24, 2.45) is 11.7 Å². The van der Waals surface area contributed by atoms with Crippen molar-refractivity contribution >= 4 is 17.1 Å². The second-order valence-corrected chi connectivity index (χ2v) is 4.55. The lowest BCUT2D eigenvalue weighted by molar-refractivity contribution is -0.383. The monoisotopic (exact) mass is 236 g/mol. The Labute approximate surface area is 99.3 Å². The highest BCUT2D eigenvalue weighted by Crippen LogP contribution is 2.29. The normalized spacial score (nSPS) is 24.0. The summed E-state index contributed by atoms with van der Waals surface area (Å²) in [5, 5.41) is 10.7. The molecule has 2 unspecified atom stereocenters. The van der Waals surface area contributed by atoms with Crippen LogP contribution in [0.5, 0.6) is 0 Å². The molecule has 1 saturated heterocycles. The topological polar surface area (TPSA) is 98.4 Å². The van der Waals surface area contributed by atoms with Crippen molar-refractivity contribution in [3.8, 4) is 0 Å². The van der Waals surface area contributed by atoms with Crippen LogP contribution in [0.2, 0.25) is 0 Å². The maximum atomic E-state index is 10.7. The van der Waals surface area contributed by atoms with Crippen molar-refractivity contribution in [1.29, 1.82) is 0 Å². The molecule has 1 aromatic rings. The molecule has 2 rings (SSSR count). The Kier molecular flexibility index (Phi) is 2.89. The Morgan fingerprint density at radius 1 is 1.47 bits per heavy atom. The van der Waals surface area contributed by atoms with Gasteiger partial charge in [0.15, 0.2) is 0 Å². The molecule has 0 aromatic heterocycles. The van der Waals surface area contributed by atoms with E-state index < -0.39 is 4.92 Å². The van der Waals surface area contributed by atoms with Gasteiger partial charge in [0.05, 0.1) is 4.92 Å². The molecule has 1 aliphatic rings. The fraction of sp³-hybridized carbons (Fsp3) is 0.455. The Balaban J connectivity index is 2.24. The molecule has 1 fully saturated rings. The molecule has 6 heteroatoms. The SMILES string of the molecule is CC1CN(c2ccc([N+](=O)[O-])c(N)c2)CC1N. The minimum atomic E-state index is -0.475. The van der Waals surface area contributed by atoms with Gasteiger partial charge in [0.2, 0.25) is 0 Å². The summed E-state index contributed by atoms with van der Waals surface area (Å²) in [6, 6.07) is 4.95. The summed E-state index contributed by atoms with van der Waals surface area (Å²) in [6.07, 6.45) is 0. The molecule has 6 nitrogen and oxygen atoms in total. The fourth-order valence-electron chi connectivity index (χ4n) is 2.11. The number of nitrogen functional groups attached to an aromatic ring is 1. The van der Waals surface area contributed by atoms with Crippen LogP contribution in [-0.4, -0.2) is 24.1 Å². The van der Waals surface area contributed by atoms with Crippen molar-refractivity contribution in [2.45, 2.75) is 13.0 Å². The molecular weight excluding hydrogens is 220 g/mol. The molecule has 0 spiro atoms. The first kappa shape index (κ1) is 11.7. The van der Waals surface area contributed by atoms with E-state index >= 15 is 0 Å². The van der Waals surface area contributed by atoms with Crippen LogP contribution < -0.4 is 16.4 Å². The van der Waals surface area contributed by atoms with Crippen molar-refractivity contribution < 1.29 is 4.92 Å². The lowest BCUT2D eigenvalue weighted by Gasteiger charge is -2.18. The highest BCUT2D eigenvalue weighted by molar-refractivity contribution is 5.67. The van der Waals surface area contributed by atoms with Gasteiger partial charge in [-0.1, -0.05) is 6.92 Å². The van der Waals surface area contributed by atoms with Gasteiger partial charge in [0, 0.05) is 30.9 Å². The summed E-state index contributed by atoms with van der Waals surface area (Å²) >= 11 is 0. The van der Waals surface area contributed by atoms with E-state index in [1.54, 1.807) is 12.1 Å². The smallest absolute Gasteiger partial charge is 0.292 e. The standard InChI is InChI=1S/C11H16N4O2/c1-7-5-14(6-10(7)13)8-2-3-11(15(16)17)9(12)4-8/h2-4,7,10H,5-6,12-13H2,1H3. The molecule has 4 N–H and O–H groups in total. The van der Waals surface area contributed by atoms with Gasteiger partial charge in [-0.05, 0) is 18.1 Å². The Bertz CT molecular complexity index is 439. The van der Waals surface area contributed by atoms with Gasteiger partial charge in [0.1, 0.15) is 5.69 Å². The van der Waals surface area contributed by atoms with E-state index in [2.05, 4.69) is 11.8 Å². The quantitative estimate of drug-likeness (QED) is 0.452. The Morgan fingerprint density at radius 2 is 2.18 bits per heavy atom. The number of hydrogen-bond donors (Lipinski definition) is 2. The Hall–Kier alpha value is -1.82. The number of hydrogen-bond acceptors (Lipinski definition) is 5. The molecule has 1 heterocycles.